The van der Waals surface area contributed by atoms with Crippen LogP contribution < -0.4 is 0 Å². The van der Waals surface area contributed by atoms with Crippen molar-refractivity contribution in [3.8, 4) is 5.69 Å². The van der Waals surface area contributed by atoms with E-state index in [1.165, 1.54) is 12.8 Å². The summed E-state index contributed by atoms with van der Waals surface area (Å²) >= 11 is 5.94. The molecular formula is C17H18ClN5O. The fraction of sp³-hybridized carbons (Fsp3) is 0.353. The number of halogens is 1. The number of nitrogens with zero attached hydrogens (tertiary/aromatic N) is 5. The summed E-state index contributed by atoms with van der Waals surface area (Å²) in [7, 11) is 0. The zero-order valence-corrected chi connectivity index (χ0v) is 14.1. The summed E-state index contributed by atoms with van der Waals surface area (Å²) in [5.74, 6) is 1.35. The summed E-state index contributed by atoms with van der Waals surface area (Å²) < 4.78 is 7.13. The molecule has 1 fully saturated rings. The summed E-state index contributed by atoms with van der Waals surface area (Å²) in [6.45, 7) is 3.34. The van der Waals surface area contributed by atoms with Crippen molar-refractivity contribution in [3.05, 3.63) is 59.0 Å². The van der Waals surface area contributed by atoms with Crippen LogP contribution in [-0.4, -0.2) is 30.9 Å². The molecule has 0 spiro atoms. The Morgan fingerprint density at radius 3 is 2.71 bits per heavy atom. The third kappa shape index (κ3) is 3.49. The lowest BCUT2D eigenvalue weighted by molar-refractivity contribution is 0.209. The van der Waals surface area contributed by atoms with E-state index in [0.29, 0.717) is 24.3 Å². The molecule has 2 heterocycles. The highest BCUT2D eigenvalue weighted by molar-refractivity contribution is 6.30. The van der Waals surface area contributed by atoms with Gasteiger partial charge in [0.25, 0.3) is 0 Å². The maximum absolute atomic E-state index is 5.94. The Labute approximate surface area is 145 Å². The van der Waals surface area contributed by atoms with Gasteiger partial charge in [0.15, 0.2) is 5.82 Å². The molecule has 0 unspecified atom stereocenters. The number of hydrogen-bond acceptors (Lipinski definition) is 5. The topological polar surface area (TPSA) is 60.0 Å². The van der Waals surface area contributed by atoms with Crippen molar-refractivity contribution in [1.29, 1.82) is 0 Å². The van der Waals surface area contributed by atoms with Crippen LogP contribution in [0.3, 0.4) is 0 Å². The number of aromatic nitrogens is 4. The van der Waals surface area contributed by atoms with E-state index in [1.807, 2.05) is 42.1 Å². The Bertz CT molecular complexity index is 822. The van der Waals surface area contributed by atoms with Gasteiger partial charge in [0.1, 0.15) is 0 Å². The van der Waals surface area contributed by atoms with Gasteiger partial charge in [0.05, 0.1) is 18.4 Å². The Morgan fingerprint density at radius 1 is 1.25 bits per heavy atom. The summed E-state index contributed by atoms with van der Waals surface area (Å²) in [5.41, 5.74) is 2.16. The maximum Gasteiger partial charge on any atom is 0.240 e. The van der Waals surface area contributed by atoms with E-state index in [0.717, 1.165) is 22.8 Å². The van der Waals surface area contributed by atoms with E-state index < -0.39 is 0 Å². The van der Waals surface area contributed by atoms with Crippen LogP contribution in [-0.2, 0) is 13.1 Å². The minimum Gasteiger partial charge on any atom is -0.338 e. The second kappa shape index (κ2) is 6.37. The summed E-state index contributed by atoms with van der Waals surface area (Å²) in [4.78, 5) is 6.68. The minimum absolute atomic E-state index is 0.594. The van der Waals surface area contributed by atoms with Gasteiger partial charge in [-0.25, -0.2) is 4.68 Å². The van der Waals surface area contributed by atoms with Gasteiger partial charge in [-0.2, -0.15) is 10.1 Å². The molecule has 124 valence electrons. The molecule has 24 heavy (non-hydrogen) atoms. The van der Waals surface area contributed by atoms with Gasteiger partial charge in [-0.3, -0.25) is 4.90 Å². The molecule has 4 rings (SSSR count). The molecule has 0 amide bonds. The van der Waals surface area contributed by atoms with Crippen LogP contribution in [0, 0.1) is 6.92 Å². The molecule has 0 radical (unpaired) electrons. The van der Waals surface area contributed by atoms with Crippen LogP contribution in [0.1, 0.15) is 30.1 Å². The van der Waals surface area contributed by atoms with Gasteiger partial charge in [-0.15, -0.1) is 0 Å². The molecule has 7 heteroatoms. The van der Waals surface area contributed by atoms with E-state index in [9.17, 15) is 0 Å². The first kappa shape index (κ1) is 15.4. The molecule has 2 aromatic heterocycles. The van der Waals surface area contributed by atoms with Crippen LogP contribution in [0.5, 0.6) is 0 Å². The molecule has 0 atom stereocenters. The molecule has 1 saturated carbocycles. The molecule has 0 bridgehead atoms. The van der Waals surface area contributed by atoms with Gasteiger partial charge in [-0.1, -0.05) is 16.8 Å². The first-order valence-electron chi connectivity index (χ1n) is 8.00. The van der Waals surface area contributed by atoms with Gasteiger partial charge >= 0.3 is 0 Å². The van der Waals surface area contributed by atoms with Crippen LogP contribution in [0.4, 0.5) is 0 Å². The van der Waals surface area contributed by atoms with Crippen molar-refractivity contribution in [2.24, 2.45) is 0 Å². The number of hydrogen-bond donors (Lipinski definition) is 0. The third-order valence-corrected chi connectivity index (χ3v) is 4.34. The second-order valence-corrected chi connectivity index (χ2v) is 6.58. The lowest BCUT2D eigenvalue weighted by Crippen LogP contribution is -2.25. The van der Waals surface area contributed by atoms with Crippen molar-refractivity contribution in [1.82, 2.24) is 24.8 Å². The first-order chi connectivity index (χ1) is 11.7. The van der Waals surface area contributed by atoms with Gasteiger partial charge in [0.2, 0.25) is 5.89 Å². The van der Waals surface area contributed by atoms with Crippen LogP contribution >= 0.6 is 11.6 Å². The smallest absolute Gasteiger partial charge is 0.240 e. The number of aryl methyl sites for hydroxylation is 1. The zero-order chi connectivity index (χ0) is 16.5. The molecule has 3 aromatic rings. The van der Waals surface area contributed by atoms with E-state index in [-0.39, 0.29) is 0 Å². The fourth-order valence-corrected chi connectivity index (χ4v) is 2.87. The zero-order valence-electron chi connectivity index (χ0n) is 13.4. The molecule has 0 saturated heterocycles. The van der Waals surface area contributed by atoms with Gasteiger partial charge < -0.3 is 4.52 Å². The molecule has 1 aliphatic rings. The standard InChI is InChI=1S/C17H18ClN5O/c1-12-20-17(24-21-12)11-22(15-6-7-15)9-13-8-19-23(10-13)16-4-2-14(18)3-5-16/h2-5,8,10,15H,6-7,9,11H2,1H3. The highest BCUT2D eigenvalue weighted by atomic mass is 35.5. The Balaban J connectivity index is 1.48. The number of rotatable bonds is 6. The fourth-order valence-electron chi connectivity index (χ4n) is 2.74. The van der Waals surface area contributed by atoms with Crippen LogP contribution in [0.25, 0.3) is 5.69 Å². The first-order valence-corrected chi connectivity index (χ1v) is 8.38. The normalized spacial score (nSPS) is 14.5. The van der Waals surface area contributed by atoms with Gasteiger partial charge in [0, 0.05) is 29.4 Å². The molecule has 0 N–H and O–H groups in total. The second-order valence-electron chi connectivity index (χ2n) is 6.14. The van der Waals surface area contributed by atoms with E-state index in [4.69, 9.17) is 16.1 Å². The largest absolute Gasteiger partial charge is 0.338 e. The van der Waals surface area contributed by atoms with Crippen molar-refractivity contribution in [2.75, 3.05) is 0 Å². The molecular weight excluding hydrogens is 326 g/mol. The molecule has 0 aliphatic heterocycles. The predicted octanol–water partition coefficient (Wildman–Crippen LogP) is 3.38. The van der Waals surface area contributed by atoms with Crippen LogP contribution in [0.2, 0.25) is 5.02 Å². The highest BCUT2D eigenvalue weighted by Gasteiger charge is 2.30. The van der Waals surface area contributed by atoms with Crippen molar-refractivity contribution >= 4 is 11.6 Å². The quantitative estimate of drug-likeness (QED) is 0.686. The number of benzene rings is 1. The Hall–Kier alpha value is -2.18. The lowest BCUT2D eigenvalue weighted by Gasteiger charge is -2.18. The third-order valence-electron chi connectivity index (χ3n) is 4.08. The summed E-state index contributed by atoms with van der Waals surface area (Å²) in [6.07, 6.45) is 6.40. The van der Waals surface area contributed by atoms with Crippen molar-refractivity contribution in [3.63, 3.8) is 0 Å². The minimum atomic E-state index is 0.594. The van der Waals surface area contributed by atoms with Crippen molar-refractivity contribution < 1.29 is 4.52 Å². The SMILES string of the molecule is Cc1noc(CN(Cc2cnn(-c3ccc(Cl)cc3)c2)C2CC2)n1. The van der Waals surface area contributed by atoms with Crippen molar-refractivity contribution in [2.45, 2.75) is 38.9 Å². The van der Waals surface area contributed by atoms with Gasteiger partial charge in [-0.05, 0) is 44.0 Å². The molecule has 6 nitrogen and oxygen atoms in total. The van der Waals surface area contributed by atoms with E-state index >= 15 is 0 Å². The van der Waals surface area contributed by atoms with Crippen LogP contribution in [0.15, 0.2) is 41.2 Å². The maximum atomic E-state index is 5.94. The lowest BCUT2D eigenvalue weighted by atomic mass is 10.3. The van der Waals surface area contributed by atoms with E-state index in [2.05, 4.69) is 26.3 Å². The van der Waals surface area contributed by atoms with E-state index in [1.54, 1.807) is 0 Å². The molecule has 1 aliphatic carbocycles. The monoisotopic (exact) mass is 343 g/mol. The highest BCUT2D eigenvalue weighted by Crippen LogP contribution is 2.29. The Kier molecular flexibility index (Phi) is 4.08. The summed E-state index contributed by atoms with van der Waals surface area (Å²) in [5, 5.41) is 9.05. The Morgan fingerprint density at radius 2 is 2.04 bits per heavy atom. The average molecular weight is 344 g/mol. The predicted molar refractivity (Wildman–Crippen MR) is 89.9 cm³/mol. The molecule has 1 aromatic carbocycles. The summed E-state index contributed by atoms with van der Waals surface area (Å²) in [6, 6.07) is 8.24. The average Bonchev–Trinajstić information content (AvgIpc) is 3.19.